The van der Waals surface area contributed by atoms with Gasteiger partial charge in [0.2, 0.25) is 0 Å². The molecule has 10 heavy (non-hydrogen) atoms. The highest BCUT2D eigenvalue weighted by molar-refractivity contribution is 5.84. The van der Waals surface area contributed by atoms with Gasteiger partial charge in [0.05, 0.1) is 6.54 Å². The zero-order chi connectivity index (χ0) is 7.56. The van der Waals surface area contributed by atoms with Crippen molar-refractivity contribution < 1.29 is 14.7 Å². The fourth-order valence-electron chi connectivity index (χ4n) is 0.944. The van der Waals surface area contributed by atoms with E-state index in [-0.39, 0.29) is 12.3 Å². The molecule has 0 aromatic rings. The monoisotopic (exact) mass is 143 g/mol. The number of piperidine rings is 1. The topological polar surface area (TPSA) is 66.4 Å². The van der Waals surface area contributed by atoms with Crippen LogP contribution in [-0.2, 0) is 9.59 Å². The van der Waals surface area contributed by atoms with Crippen LogP contribution in [0.25, 0.3) is 0 Å². The molecular weight excluding hydrogens is 134 g/mol. The summed E-state index contributed by atoms with van der Waals surface area (Å²) in [4.78, 5) is 20.9. The summed E-state index contributed by atoms with van der Waals surface area (Å²) < 4.78 is 0. The van der Waals surface area contributed by atoms with Crippen LogP contribution >= 0.6 is 0 Å². The Kier molecular flexibility index (Phi) is 2.01. The summed E-state index contributed by atoms with van der Waals surface area (Å²) in [5.74, 6) is -0.773. The Labute approximate surface area is 58.2 Å². The number of ketones is 1. The van der Waals surface area contributed by atoms with E-state index in [0.717, 1.165) is 0 Å². The fourth-order valence-corrected chi connectivity index (χ4v) is 0.944. The van der Waals surface area contributed by atoms with Gasteiger partial charge in [0.1, 0.15) is 11.8 Å². The lowest BCUT2D eigenvalue weighted by Gasteiger charge is -2.17. The maximum absolute atomic E-state index is 10.6. The Balaban J connectivity index is 2.40. The van der Waals surface area contributed by atoms with E-state index in [9.17, 15) is 9.59 Å². The molecule has 4 nitrogen and oxygen atoms in total. The van der Waals surface area contributed by atoms with Crippen molar-refractivity contribution >= 4 is 11.8 Å². The van der Waals surface area contributed by atoms with Crippen LogP contribution in [0.1, 0.15) is 12.8 Å². The smallest absolute Gasteiger partial charge is 0.320 e. The summed E-state index contributed by atoms with van der Waals surface area (Å²) in [6.07, 6.45) is 0.818. The van der Waals surface area contributed by atoms with Crippen molar-refractivity contribution in [2.45, 2.75) is 18.9 Å². The average molecular weight is 143 g/mol. The predicted molar refractivity (Wildman–Crippen MR) is 33.7 cm³/mol. The summed E-state index contributed by atoms with van der Waals surface area (Å²) in [5.41, 5.74) is 0. The van der Waals surface area contributed by atoms with Crippen molar-refractivity contribution in [2.24, 2.45) is 0 Å². The molecule has 0 saturated carbocycles. The first-order valence-corrected chi connectivity index (χ1v) is 3.18. The molecule has 0 aliphatic carbocycles. The summed E-state index contributed by atoms with van der Waals surface area (Å²) in [5, 5.41) is 11.1. The molecule has 4 heteroatoms. The highest BCUT2D eigenvalue weighted by atomic mass is 16.4. The minimum Gasteiger partial charge on any atom is -0.480 e. The number of carbonyl (C=O) groups is 2. The summed E-state index contributed by atoms with van der Waals surface area (Å²) >= 11 is 0. The molecule has 1 unspecified atom stereocenters. The zero-order valence-corrected chi connectivity index (χ0v) is 5.46. The molecule has 0 aromatic heterocycles. The van der Waals surface area contributed by atoms with Crippen LogP contribution in [0.15, 0.2) is 0 Å². The Morgan fingerprint density at radius 2 is 2.40 bits per heavy atom. The molecule has 0 bridgehead atoms. The van der Waals surface area contributed by atoms with Crippen LogP contribution in [0.4, 0.5) is 0 Å². The van der Waals surface area contributed by atoms with Gasteiger partial charge in [0, 0.05) is 6.42 Å². The van der Waals surface area contributed by atoms with E-state index in [1.165, 1.54) is 0 Å². The summed E-state index contributed by atoms with van der Waals surface area (Å²) in [7, 11) is 0. The lowest BCUT2D eigenvalue weighted by atomic mass is 10.0. The first-order chi connectivity index (χ1) is 4.70. The Morgan fingerprint density at radius 3 is 2.80 bits per heavy atom. The number of carbonyl (C=O) groups excluding carboxylic acids is 1. The van der Waals surface area contributed by atoms with Gasteiger partial charge in [-0.05, 0) is 6.42 Å². The molecular formula is C6H9NO3. The fraction of sp³-hybridized carbons (Fsp3) is 0.667. The van der Waals surface area contributed by atoms with Gasteiger partial charge in [0.15, 0.2) is 0 Å². The second-order valence-electron chi connectivity index (χ2n) is 2.35. The van der Waals surface area contributed by atoms with E-state index in [1.807, 2.05) is 0 Å². The van der Waals surface area contributed by atoms with E-state index in [0.29, 0.717) is 12.8 Å². The highest BCUT2D eigenvalue weighted by Crippen LogP contribution is 2.03. The first kappa shape index (κ1) is 7.21. The second kappa shape index (κ2) is 2.79. The minimum absolute atomic E-state index is 0.0949. The number of Topliss-reactive ketones (excluding diaryl/α,β-unsaturated/α-hetero) is 1. The van der Waals surface area contributed by atoms with E-state index < -0.39 is 12.0 Å². The maximum atomic E-state index is 10.6. The first-order valence-electron chi connectivity index (χ1n) is 3.18. The summed E-state index contributed by atoms with van der Waals surface area (Å²) in [6.45, 7) is 0.205. The van der Waals surface area contributed by atoms with Crippen LogP contribution in [0.5, 0.6) is 0 Å². The van der Waals surface area contributed by atoms with Crippen LogP contribution in [0.2, 0.25) is 0 Å². The molecule has 1 fully saturated rings. The SMILES string of the molecule is O=C1CCC(C(=O)O)NC1. The molecule has 1 aliphatic heterocycles. The van der Waals surface area contributed by atoms with Crippen LogP contribution in [-0.4, -0.2) is 29.4 Å². The number of hydrogen-bond acceptors (Lipinski definition) is 3. The molecule has 0 spiro atoms. The molecule has 0 amide bonds. The Hall–Kier alpha value is -0.900. The van der Waals surface area contributed by atoms with Gasteiger partial charge in [-0.3, -0.25) is 14.9 Å². The van der Waals surface area contributed by atoms with Gasteiger partial charge in [-0.25, -0.2) is 0 Å². The molecule has 56 valence electrons. The number of nitrogens with one attached hydrogen (secondary N) is 1. The van der Waals surface area contributed by atoms with Gasteiger partial charge in [0.25, 0.3) is 0 Å². The van der Waals surface area contributed by atoms with E-state index in [2.05, 4.69) is 5.32 Å². The van der Waals surface area contributed by atoms with Crippen LogP contribution in [0.3, 0.4) is 0 Å². The lowest BCUT2D eigenvalue weighted by molar-refractivity contribution is -0.140. The third-order valence-electron chi connectivity index (χ3n) is 1.56. The molecule has 1 rings (SSSR count). The van der Waals surface area contributed by atoms with Gasteiger partial charge in [-0.1, -0.05) is 0 Å². The van der Waals surface area contributed by atoms with Crippen LogP contribution in [0, 0.1) is 0 Å². The largest absolute Gasteiger partial charge is 0.480 e. The van der Waals surface area contributed by atoms with Crippen molar-refractivity contribution in [3.05, 3.63) is 0 Å². The number of carboxylic acid groups (broad SMARTS) is 1. The maximum Gasteiger partial charge on any atom is 0.320 e. The third kappa shape index (κ3) is 1.54. The molecule has 2 N–H and O–H groups in total. The van der Waals surface area contributed by atoms with Gasteiger partial charge in [-0.15, -0.1) is 0 Å². The van der Waals surface area contributed by atoms with Crippen molar-refractivity contribution in [1.82, 2.24) is 5.32 Å². The Morgan fingerprint density at radius 1 is 1.70 bits per heavy atom. The molecule has 0 aromatic carbocycles. The van der Waals surface area contributed by atoms with Crippen molar-refractivity contribution in [1.29, 1.82) is 0 Å². The van der Waals surface area contributed by atoms with Gasteiger partial charge in [-0.2, -0.15) is 0 Å². The van der Waals surface area contributed by atoms with E-state index >= 15 is 0 Å². The standard InChI is InChI=1S/C6H9NO3/c8-4-1-2-5(6(9)10)7-3-4/h5,7H,1-3H2,(H,9,10). The lowest BCUT2D eigenvalue weighted by Crippen LogP contribution is -2.44. The quantitative estimate of drug-likeness (QED) is 0.514. The summed E-state index contributed by atoms with van der Waals surface area (Å²) in [6, 6.07) is -0.516. The number of aliphatic carboxylic acids is 1. The number of hydrogen-bond donors (Lipinski definition) is 2. The second-order valence-corrected chi connectivity index (χ2v) is 2.35. The molecule has 1 saturated heterocycles. The number of carboxylic acids is 1. The average Bonchev–Trinajstić information content (AvgIpc) is 1.88. The number of rotatable bonds is 1. The molecule has 0 radical (unpaired) electrons. The van der Waals surface area contributed by atoms with Crippen molar-refractivity contribution in [3.8, 4) is 0 Å². The van der Waals surface area contributed by atoms with E-state index in [4.69, 9.17) is 5.11 Å². The van der Waals surface area contributed by atoms with Crippen molar-refractivity contribution in [3.63, 3.8) is 0 Å². The van der Waals surface area contributed by atoms with Crippen molar-refractivity contribution in [2.75, 3.05) is 6.54 Å². The molecule has 1 aliphatic rings. The van der Waals surface area contributed by atoms with E-state index in [1.54, 1.807) is 0 Å². The van der Waals surface area contributed by atoms with Gasteiger partial charge < -0.3 is 5.11 Å². The third-order valence-corrected chi connectivity index (χ3v) is 1.56. The molecule has 1 atom stereocenters. The zero-order valence-electron chi connectivity index (χ0n) is 5.46. The van der Waals surface area contributed by atoms with Crippen LogP contribution < -0.4 is 5.32 Å². The minimum atomic E-state index is -0.868. The van der Waals surface area contributed by atoms with Gasteiger partial charge >= 0.3 is 5.97 Å². The normalized spacial score (nSPS) is 26.4. The highest BCUT2D eigenvalue weighted by Gasteiger charge is 2.22. The molecule has 1 heterocycles. The predicted octanol–water partition coefficient (Wildman–Crippen LogP) is -0.608. The Bertz CT molecular complexity index is 156.